The van der Waals surface area contributed by atoms with Crippen molar-refractivity contribution in [1.29, 1.82) is 0 Å². The summed E-state index contributed by atoms with van der Waals surface area (Å²) in [5, 5.41) is 4.21. The number of halogens is 3. The SMILES string of the molecule is Cc1cc(C(C)Nc2ccc(Cl)nc2C=O)c2nc(N3CCOCC3)n3cc(C(F)F)nc3c2c1. The Balaban J connectivity index is 1.69. The molecule has 3 aromatic heterocycles. The van der Waals surface area contributed by atoms with Crippen LogP contribution in [0, 0.1) is 6.92 Å². The molecule has 1 atom stereocenters. The van der Waals surface area contributed by atoms with Crippen LogP contribution in [0.1, 0.15) is 46.7 Å². The Morgan fingerprint density at radius 2 is 1.94 bits per heavy atom. The molecular formula is C24H23ClF2N6O2. The van der Waals surface area contributed by atoms with Gasteiger partial charge in [-0.15, -0.1) is 0 Å². The first-order chi connectivity index (χ1) is 16.9. The topological polar surface area (TPSA) is 84.7 Å². The van der Waals surface area contributed by atoms with Crippen LogP contribution in [0.25, 0.3) is 16.6 Å². The molecule has 4 aromatic rings. The molecule has 0 aliphatic carbocycles. The molecule has 0 spiro atoms. The molecule has 1 fully saturated rings. The molecule has 1 N–H and O–H groups in total. The fourth-order valence-corrected chi connectivity index (χ4v) is 4.55. The minimum absolute atomic E-state index is 0.195. The van der Waals surface area contributed by atoms with Crippen molar-refractivity contribution in [3.8, 4) is 0 Å². The van der Waals surface area contributed by atoms with Gasteiger partial charge in [-0.25, -0.2) is 23.7 Å². The number of anilines is 2. The van der Waals surface area contributed by atoms with Gasteiger partial charge >= 0.3 is 0 Å². The van der Waals surface area contributed by atoms with Crippen LogP contribution in [0.2, 0.25) is 5.15 Å². The van der Waals surface area contributed by atoms with Gasteiger partial charge in [-0.1, -0.05) is 17.7 Å². The van der Waals surface area contributed by atoms with Crippen molar-refractivity contribution in [2.45, 2.75) is 26.3 Å². The zero-order chi connectivity index (χ0) is 24.7. The number of nitrogens with zero attached hydrogens (tertiary/aromatic N) is 5. The van der Waals surface area contributed by atoms with Crippen molar-refractivity contribution in [2.24, 2.45) is 0 Å². The summed E-state index contributed by atoms with van der Waals surface area (Å²) in [6, 6.07) is 6.90. The van der Waals surface area contributed by atoms with Crippen LogP contribution in [0.15, 0.2) is 30.5 Å². The number of rotatable bonds is 6. The predicted octanol–water partition coefficient (Wildman–Crippen LogP) is 5.00. The number of carbonyl (C=O) groups is 1. The lowest BCUT2D eigenvalue weighted by molar-refractivity contribution is 0.111. The van der Waals surface area contributed by atoms with E-state index in [0.717, 1.165) is 11.1 Å². The molecule has 5 rings (SSSR count). The lowest BCUT2D eigenvalue weighted by atomic mass is 10.0. The number of carbonyl (C=O) groups excluding carboxylic acids is 1. The maximum Gasteiger partial charge on any atom is 0.281 e. The molecule has 11 heteroatoms. The first-order valence-corrected chi connectivity index (χ1v) is 11.6. The second-order valence-corrected chi connectivity index (χ2v) is 8.86. The molecule has 1 saturated heterocycles. The minimum Gasteiger partial charge on any atom is -0.378 e. The van der Waals surface area contributed by atoms with E-state index in [2.05, 4.69) is 15.3 Å². The Morgan fingerprint density at radius 3 is 2.66 bits per heavy atom. The molecule has 0 saturated carbocycles. The molecule has 0 radical (unpaired) electrons. The highest BCUT2D eigenvalue weighted by molar-refractivity contribution is 6.29. The predicted molar refractivity (Wildman–Crippen MR) is 130 cm³/mol. The monoisotopic (exact) mass is 500 g/mol. The van der Waals surface area contributed by atoms with Crippen LogP contribution in [0.4, 0.5) is 20.4 Å². The van der Waals surface area contributed by atoms with E-state index in [0.29, 0.717) is 60.8 Å². The molecule has 4 heterocycles. The first kappa shape index (κ1) is 23.4. The number of aryl methyl sites for hydroxylation is 1. The molecular weight excluding hydrogens is 478 g/mol. The molecule has 1 aromatic carbocycles. The van der Waals surface area contributed by atoms with E-state index in [9.17, 15) is 13.6 Å². The third kappa shape index (κ3) is 4.39. The lowest BCUT2D eigenvalue weighted by Crippen LogP contribution is -2.38. The summed E-state index contributed by atoms with van der Waals surface area (Å²) < 4.78 is 34.4. The molecule has 1 aliphatic heterocycles. The number of imidazole rings is 1. The number of hydrogen-bond donors (Lipinski definition) is 1. The second-order valence-electron chi connectivity index (χ2n) is 8.47. The van der Waals surface area contributed by atoms with Gasteiger partial charge in [0.1, 0.15) is 22.2 Å². The minimum atomic E-state index is -2.70. The summed E-state index contributed by atoms with van der Waals surface area (Å²) in [5.41, 5.74) is 3.25. The van der Waals surface area contributed by atoms with Crippen molar-refractivity contribution >= 4 is 46.1 Å². The van der Waals surface area contributed by atoms with E-state index in [1.54, 1.807) is 16.5 Å². The summed E-state index contributed by atoms with van der Waals surface area (Å²) in [6.07, 6.45) is -0.702. The second kappa shape index (κ2) is 9.35. The summed E-state index contributed by atoms with van der Waals surface area (Å²) in [5.74, 6) is 0.536. The van der Waals surface area contributed by atoms with E-state index >= 15 is 0 Å². The van der Waals surface area contributed by atoms with Gasteiger partial charge in [0.05, 0.1) is 30.5 Å². The van der Waals surface area contributed by atoms with Gasteiger partial charge in [0.25, 0.3) is 6.43 Å². The maximum absolute atomic E-state index is 13.6. The fraction of sp³-hybridized carbons (Fsp3) is 0.333. The number of ether oxygens (including phenoxy) is 1. The van der Waals surface area contributed by atoms with Gasteiger partial charge < -0.3 is 15.0 Å². The lowest BCUT2D eigenvalue weighted by Gasteiger charge is -2.29. The highest BCUT2D eigenvalue weighted by Crippen LogP contribution is 2.33. The number of pyridine rings is 1. The third-order valence-electron chi connectivity index (χ3n) is 6.03. The molecule has 0 bridgehead atoms. The van der Waals surface area contributed by atoms with Gasteiger partial charge in [-0.3, -0.25) is 9.20 Å². The quantitative estimate of drug-likeness (QED) is 0.294. The van der Waals surface area contributed by atoms with Crippen molar-refractivity contribution in [1.82, 2.24) is 19.4 Å². The highest BCUT2D eigenvalue weighted by atomic mass is 35.5. The summed E-state index contributed by atoms with van der Waals surface area (Å²) >= 11 is 5.93. The third-order valence-corrected chi connectivity index (χ3v) is 6.25. The van der Waals surface area contributed by atoms with Crippen molar-refractivity contribution < 1.29 is 18.3 Å². The Bertz CT molecular complexity index is 1420. The highest BCUT2D eigenvalue weighted by Gasteiger charge is 2.24. The van der Waals surface area contributed by atoms with Crippen LogP contribution in [-0.4, -0.2) is 51.9 Å². The van der Waals surface area contributed by atoms with Gasteiger partial charge in [-0.05, 0) is 37.6 Å². The van der Waals surface area contributed by atoms with Crippen LogP contribution >= 0.6 is 11.6 Å². The van der Waals surface area contributed by atoms with E-state index in [1.807, 2.05) is 30.9 Å². The van der Waals surface area contributed by atoms with Gasteiger partial charge in [0, 0.05) is 30.2 Å². The number of nitrogens with one attached hydrogen (secondary N) is 1. The van der Waals surface area contributed by atoms with Crippen molar-refractivity contribution in [3.05, 3.63) is 58.1 Å². The van der Waals surface area contributed by atoms with Crippen LogP contribution in [0.3, 0.4) is 0 Å². The van der Waals surface area contributed by atoms with Crippen LogP contribution in [0.5, 0.6) is 0 Å². The number of benzene rings is 1. The van der Waals surface area contributed by atoms with E-state index in [4.69, 9.17) is 21.3 Å². The van der Waals surface area contributed by atoms with Crippen molar-refractivity contribution in [2.75, 3.05) is 36.5 Å². The van der Waals surface area contributed by atoms with Gasteiger partial charge in [0.15, 0.2) is 6.29 Å². The Labute approximate surface area is 204 Å². The summed E-state index contributed by atoms with van der Waals surface area (Å²) in [4.78, 5) is 26.9. The molecule has 182 valence electrons. The Hall–Kier alpha value is -3.37. The Kier molecular flexibility index (Phi) is 6.24. The van der Waals surface area contributed by atoms with Crippen LogP contribution in [-0.2, 0) is 4.74 Å². The zero-order valence-electron chi connectivity index (χ0n) is 19.1. The Morgan fingerprint density at radius 1 is 1.17 bits per heavy atom. The number of fused-ring (bicyclic) bond motifs is 3. The smallest absolute Gasteiger partial charge is 0.281 e. The van der Waals surface area contributed by atoms with Crippen molar-refractivity contribution in [3.63, 3.8) is 0 Å². The molecule has 1 aliphatic rings. The van der Waals surface area contributed by atoms with Gasteiger partial charge in [0.2, 0.25) is 5.95 Å². The molecule has 0 amide bonds. The number of hydrogen-bond acceptors (Lipinski definition) is 7. The number of aldehydes is 1. The standard InChI is InChI=1S/C24H23ClF2N6O2/c1-13-9-15(14(2)28-17-3-4-20(25)29-19(17)12-34)21-16(10-13)23-30-18(22(26)27)11-33(23)24(31-21)32-5-7-35-8-6-32/h3-4,9-12,14,22,28H,5-8H2,1-2H3. The maximum atomic E-state index is 13.6. The fourth-order valence-electron chi connectivity index (χ4n) is 4.39. The van der Waals surface area contributed by atoms with E-state index in [-0.39, 0.29) is 22.6 Å². The number of alkyl halides is 2. The summed E-state index contributed by atoms with van der Waals surface area (Å²) in [6.45, 7) is 6.09. The largest absolute Gasteiger partial charge is 0.378 e. The number of morpholine rings is 1. The first-order valence-electron chi connectivity index (χ1n) is 11.2. The molecule has 1 unspecified atom stereocenters. The number of aromatic nitrogens is 4. The van der Waals surface area contributed by atoms with E-state index in [1.165, 1.54) is 6.20 Å². The van der Waals surface area contributed by atoms with Crippen LogP contribution < -0.4 is 10.2 Å². The van der Waals surface area contributed by atoms with Gasteiger partial charge in [-0.2, -0.15) is 0 Å². The normalized spacial score (nSPS) is 15.2. The average Bonchev–Trinajstić information content (AvgIpc) is 3.31. The zero-order valence-corrected chi connectivity index (χ0v) is 19.9. The summed E-state index contributed by atoms with van der Waals surface area (Å²) in [7, 11) is 0. The van der Waals surface area contributed by atoms with E-state index < -0.39 is 6.43 Å². The average molecular weight is 501 g/mol. The molecule has 35 heavy (non-hydrogen) atoms. The molecule has 8 nitrogen and oxygen atoms in total.